The maximum atomic E-state index is 12.7. The van der Waals surface area contributed by atoms with Gasteiger partial charge in [0.2, 0.25) is 0 Å². The van der Waals surface area contributed by atoms with E-state index < -0.39 is 13.9 Å². The molecule has 0 aromatic rings. The van der Waals surface area contributed by atoms with Crippen molar-refractivity contribution in [1.82, 2.24) is 0 Å². The van der Waals surface area contributed by atoms with Crippen molar-refractivity contribution < 1.29 is 32.8 Å². The van der Waals surface area contributed by atoms with Gasteiger partial charge in [-0.25, -0.2) is 4.57 Å². The summed E-state index contributed by atoms with van der Waals surface area (Å²) in [5.74, 6) is -0.329. The lowest BCUT2D eigenvalue weighted by Crippen LogP contribution is -2.28. The van der Waals surface area contributed by atoms with E-state index in [2.05, 4.69) is 50.3 Å². The van der Waals surface area contributed by atoms with Crippen molar-refractivity contribution in [2.45, 2.75) is 258 Å². The Balaban J connectivity index is 3.93. The van der Waals surface area contributed by atoms with E-state index in [1.54, 1.807) is 0 Å². The normalized spacial score (nSPS) is 13.6. The van der Waals surface area contributed by atoms with Gasteiger partial charge in [0.1, 0.15) is 6.10 Å². The Morgan fingerprint density at radius 3 is 1.33 bits per heavy atom. The Hall–Kier alpha value is -1.28. The quantitative estimate of drug-likeness (QED) is 0.0268. The number of carbonyl (C=O) groups is 1. The largest absolute Gasteiger partial charge is 0.472 e. The van der Waals surface area contributed by atoms with Crippen molar-refractivity contribution in [3.63, 3.8) is 0 Å². The van der Waals surface area contributed by atoms with Gasteiger partial charge in [0.25, 0.3) is 0 Å². The first-order chi connectivity index (χ1) is 29.9. The molecule has 0 fully saturated rings. The van der Waals surface area contributed by atoms with E-state index in [0.29, 0.717) is 13.0 Å². The van der Waals surface area contributed by atoms with E-state index >= 15 is 0 Å². The van der Waals surface area contributed by atoms with Crippen LogP contribution in [0.1, 0.15) is 251 Å². The van der Waals surface area contributed by atoms with Crippen molar-refractivity contribution >= 4 is 13.8 Å². The summed E-state index contributed by atoms with van der Waals surface area (Å²) in [7, 11) is -4.28. The third-order valence-electron chi connectivity index (χ3n) is 11.3. The first kappa shape index (κ1) is 59.7. The molecule has 61 heavy (non-hydrogen) atoms. The number of esters is 1. The molecular formula is C52H100NO7P. The third kappa shape index (κ3) is 49.6. The molecule has 2 atom stereocenters. The van der Waals surface area contributed by atoms with Crippen LogP contribution < -0.4 is 5.73 Å². The number of hydrogen-bond donors (Lipinski definition) is 2. The van der Waals surface area contributed by atoms with Gasteiger partial charge in [-0.05, 0) is 51.4 Å². The number of carbonyl (C=O) groups excluding carboxylic acids is 1. The summed E-state index contributed by atoms with van der Waals surface area (Å²) >= 11 is 0. The topological polar surface area (TPSA) is 117 Å². The minimum absolute atomic E-state index is 0.0964. The minimum Gasteiger partial charge on any atom is -0.457 e. The number of unbranched alkanes of at least 4 members (excludes halogenated alkanes) is 31. The van der Waals surface area contributed by atoms with Crippen LogP contribution in [0.4, 0.5) is 0 Å². The summed E-state index contributed by atoms with van der Waals surface area (Å²) < 4.78 is 33.6. The van der Waals surface area contributed by atoms with Crippen LogP contribution >= 0.6 is 7.82 Å². The first-order valence-electron chi connectivity index (χ1n) is 26.0. The summed E-state index contributed by atoms with van der Waals surface area (Å²) in [5, 5.41) is 0. The van der Waals surface area contributed by atoms with E-state index in [1.165, 1.54) is 180 Å². The van der Waals surface area contributed by atoms with Crippen molar-refractivity contribution in [3.05, 3.63) is 36.5 Å². The summed E-state index contributed by atoms with van der Waals surface area (Å²) in [6.45, 7) is 4.92. The Bertz CT molecular complexity index is 1040. The molecule has 0 saturated carbocycles. The molecule has 0 spiro atoms. The van der Waals surface area contributed by atoms with Gasteiger partial charge in [-0.15, -0.1) is 0 Å². The van der Waals surface area contributed by atoms with Crippen LogP contribution in [-0.4, -0.2) is 49.9 Å². The van der Waals surface area contributed by atoms with Gasteiger partial charge in [-0.3, -0.25) is 13.8 Å². The highest BCUT2D eigenvalue weighted by molar-refractivity contribution is 7.47. The molecule has 0 bridgehead atoms. The summed E-state index contributed by atoms with van der Waals surface area (Å²) in [5.41, 5.74) is 5.39. The molecule has 9 heteroatoms. The highest BCUT2D eigenvalue weighted by atomic mass is 31.2. The Morgan fingerprint density at radius 2 is 0.869 bits per heavy atom. The fourth-order valence-corrected chi connectivity index (χ4v) is 8.24. The predicted molar refractivity (Wildman–Crippen MR) is 261 cm³/mol. The zero-order chi connectivity index (χ0) is 44.4. The lowest BCUT2D eigenvalue weighted by molar-refractivity contribution is -0.154. The van der Waals surface area contributed by atoms with E-state index in [0.717, 1.165) is 51.4 Å². The van der Waals surface area contributed by atoms with Crippen LogP contribution in [0.5, 0.6) is 0 Å². The van der Waals surface area contributed by atoms with Crippen molar-refractivity contribution in [1.29, 1.82) is 0 Å². The molecule has 0 aliphatic heterocycles. The minimum atomic E-state index is -4.28. The number of rotatable bonds is 50. The second-order valence-electron chi connectivity index (χ2n) is 17.4. The van der Waals surface area contributed by atoms with Gasteiger partial charge in [-0.1, -0.05) is 230 Å². The number of ether oxygens (including phenoxy) is 2. The molecule has 3 N–H and O–H groups in total. The smallest absolute Gasteiger partial charge is 0.457 e. The predicted octanol–water partition coefficient (Wildman–Crippen LogP) is 16.1. The van der Waals surface area contributed by atoms with Gasteiger partial charge in [0.05, 0.1) is 19.8 Å². The van der Waals surface area contributed by atoms with E-state index in [4.69, 9.17) is 24.3 Å². The Kier molecular flexibility index (Phi) is 48.7. The van der Waals surface area contributed by atoms with Crippen LogP contribution in [0, 0.1) is 0 Å². The molecule has 0 amide bonds. The third-order valence-corrected chi connectivity index (χ3v) is 12.3. The fourth-order valence-electron chi connectivity index (χ4n) is 7.48. The molecule has 0 aromatic heterocycles. The molecule has 0 saturated heterocycles. The average molecular weight is 882 g/mol. The molecule has 0 aliphatic carbocycles. The second kappa shape index (κ2) is 49.7. The van der Waals surface area contributed by atoms with Gasteiger partial charge in [0.15, 0.2) is 0 Å². The first-order valence-corrected chi connectivity index (χ1v) is 27.5. The van der Waals surface area contributed by atoms with Crippen molar-refractivity contribution in [2.24, 2.45) is 5.73 Å². The van der Waals surface area contributed by atoms with Gasteiger partial charge in [-0.2, -0.15) is 0 Å². The molecule has 0 aromatic carbocycles. The van der Waals surface area contributed by atoms with E-state index in [1.807, 2.05) is 0 Å². The summed E-state index contributed by atoms with van der Waals surface area (Å²) in [6, 6.07) is 0. The number of allylic oxidation sites excluding steroid dienone is 6. The standard InChI is InChI=1S/C52H100NO7P/c1-3-5-7-9-11-13-15-17-19-21-23-25-26-27-29-31-33-35-37-39-41-43-45-52(54)60-51(50-59-61(55,56)58-48-46-53)49-57-47-44-42-40-38-36-34-32-30-28-24-22-20-18-16-14-12-10-8-6-4-2/h12,14,18,20,24,28,51H,3-11,13,15-17,19,21-23,25-27,29-50,53H2,1-2H3,(H,55,56)/b14-12-,20-18-,28-24-. The van der Waals surface area contributed by atoms with Gasteiger partial charge >= 0.3 is 13.8 Å². The molecule has 0 rings (SSSR count). The SMILES string of the molecule is CCCCC/C=C\C/C=C\C/C=C\CCCCCCCCCOCC(COP(=O)(O)OCCN)OC(=O)CCCCCCCCCCCCCCCCCCCCCCCC. The molecule has 0 heterocycles. The van der Waals surface area contributed by atoms with Crippen molar-refractivity contribution in [3.8, 4) is 0 Å². The van der Waals surface area contributed by atoms with Crippen LogP contribution in [0.3, 0.4) is 0 Å². The number of hydrogen-bond acceptors (Lipinski definition) is 7. The van der Waals surface area contributed by atoms with Crippen LogP contribution in [-0.2, 0) is 27.9 Å². The summed E-state index contributed by atoms with van der Waals surface area (Å²) in [4.78, 5) is 22.6. The van der Waals surface area contributed by atoms with Crippen molar-refractivity contribution in [2.75, 3.05) is 33.0 Å². The Morgan fingerprint density at radius 1 is 0.492 bits per heavy atom. The Labute approximate surface area is 378 Å². The number of nitrogens with two attached hydrogens (primary N) is 1. The molecule has 360 valence electrons. The lowest BCUT2D eigenvalue weighted by Gasteiger charge is -2.20. The number of phosphoric acid groups is 1. The maximum absolute atomic E-state index is 12.7. The van der Waals surface area contributed by atoms with Crippen LogP contribution in [0.2, 0.25) is 0 Å². The summed E-state index contributed by atoms with van der Waals surface area (Å²) in [6.07, 6.45) is 58.9. The highest BCUT2D eigenvalue weighted by Crippen LogP contribution is 2.43. The zero-order valence-electron chi connectivity index (χ0n) is 40.2. The molecule has 0 radical (unpaired) electrons. The van der Waals surface area contributed by atoms with Gasteiger partial charge < -0.3 is 20.1 Å². The van der Waals surface area contributed by atoms with E-state index in [9.17, 15) is 14.3 Å². The maximum Gasteiger partial charge on any atom is 0.472 e. The molecule has 8 nitrogen and oxygen atoms in total. The molecule has 2 unspecified atom stereocenters. The van der Waals surface area contributed by atoms with E-state index in [-0.39, 0.29) is 32.3 Å². The van der Waals surface area contributed by atoms with Crippen LogP contribution in [0.15, 0.2) is 36.5 Å². The lowest BCUT2D eigenvalue weighted by atomic mass is 10.0. The molecule has 0 aliphatic rings. The van der Waals surface area contributed by atoms with Crippen LogP contribution in [0.25, 0.3) is 0 Å². The monoisotopic (exact) mass is 882 g/mol. The second-order valence-corrected chi connectivity index (χ2v) is 18.8. The fraction of sp³-hybridized carbons (Fsp3) is 0.865. The number of phosphoric ester groups is 1. The zero-order valence-corrected chi connectivity index (χ0v) is 41.1. The average Bonchev–Trinajstić information content (AvgIpc) is 3.25. The molecular weight excluding hydrogens is 782 g/mol. The van der Waals surface area contributed by atoms with Gasteiger partial charge in [0, 0.05) is 19.6 Å². The highest BCUT2D eigenvalue weighted by Gasteiger charge is 2.25.